The summed E-state index contributed by atoms with van der Waals surface area (Å²) in [6, 6.07) is 8.49. The molecule has 17 heavy (non-hydrogen) atoms. The average Bonchev–Trinajstić information content (AvgIpc) is 2.50. The van der Waals surface area contributed by atoms with Gasteiger partial charge in [0.25, 0.3) is 0 Å². The van der Waals surface area contributed by atoms with Crippen LogP contribution in [0.5, 0.6) is 0 Å². The number of aliphatic hydroxyl groups excluding tert-OH is 1. The maximum atomic E-state index is 9.55. The van der Waals surface area contributed by atoms with Crippen molar-refractivity contribution in [1.82, 2.24) is 4.90 Å². The molecule has 1 saturated heterocycles. The summed E-state index contributed by atoms with van der Waals surface area (Å²) in [5.41, 5.74) is 1.19. The number of benzene rings is 1. The van der Waals surface area contributed by atoms with Crippen LogP contribution in [0.4, 0.5) is 5.69 Å². The summed E-state index contributed by atoms with van der Waals surface area (Å²) in [6.07, 6.45) is 1.14. The summed E-state index contributed by atoms with van der Waals surface area (Å²) >= 11 is 3.50. The second-order valence-corrected chi connectivity index (χ2v) is 5.54. The maximum absolute atomic E-state index is 9.55. The summed E-state index contributed by atoms with van der Waals surface area (Å²) < 4.78 is 1.09. The molecule has 0 saturated carbocycles. The zero-order chi connectivity index (χ0) is 12.3. The summed E-state index contributed by atoms with van der Waals surface area (Å²) in [5, 5.41) is 9.55. The third-order valence-electron chi connectivity index (χ3n) is 3.25. The van der Waals surface area contributed by atoms with E-state index in [0.717, 1.165) is 30.5 Å². The third kappa shape index (κ3) is 3.21. The number of rotatable bonds is 2. The van der Waals surface area contributed by atoms with Crippen molar-refractivity contribution in [1.29, 1.82) is 0 Å². The highest BCUT2D eigenvalue weighted by atomic mass is 79.9. The van der Waals surface area contributed by atoms with Gasteiger partial charge in [0.2, 0.25) is 0 Å². The lowest BCUT2D eigenvalue weighted by Crippen LogP contribution is -2.42. The van der Waals surface area contributed by atoms with Gasteiger partial charge in [-0.3, -0.25) is 0 Å². The highest BCUT2D eigenvalue weighted by Gasteiger charge is 2.22. The molecule has 3 nitrogen and oxygen atoms in total. The minimum Gasteiger partial charge on any atom is -0.394 e. The van der Waals surface area contributed by atoms with Gasteiger partial charge in [-0.15, -0.1) is 0 Å². The Kier molecular flexibility index (Phi) is 4.42. The lowest BCUT2D eigenvalue weighted by molar-refractivity contribution is 0.229. The number of hydrogen-bond acceptors (Lipinski definition) is 3. The molecule has 1 atom stereocenters. The van der Waals surface area contributed by atoms with Crippen LogP contribution < -0.4 is 4.90 Å². The Morgan fingerprint density at radius 1 is 1.41 bits per heavy atom. The second-order valence-electron chi connectivity index (χ2n) is 4.63. The molecule has 1 unspecified atom stereocenters. The van der Waals surface area contributed by atoms with Gasteiger partial charge in [-0.1, -0.05) is 22.0 Å². The Morgan fingerprint density at radius 3 is 2.94 bits per heavy atom. The Bertz CT molecular complexity index is 372. The number of hydrogen-bond donors (Lipinski definition) is 1. The van der Waals surface area contributed by atoms with Gasteiger partial charge in [0.15, 0.2) is 0 Å². The Labute approximate surface area is 111 Å². The fourth-order valence-electron chi connectivity index (χ4n) is 2.39. The number of halogens is 1. The van der Waals surface area contributed by atoms with Crippen LogP contribution in [-0.2, 0) is 0 Å². The molecule has 4 heteroatoms. The fraction of sp³-hybridized carbons (Fsp3) is 0.538. The normalized spacial score (nSPS) is 22.5. The molecular weight excluding hydrogens is 280 g/mol. The second kappa shape index (κ2) is 5.85. The van der Waals surface area contributed by atoms with Crippen molar-refractivity contribution >= 4 is 21.6 Å². The number of nitrogens with zero attached hydrogens (tertiary/aromatic N) is 2. The fourth-order valence-corrected chi connectivity index (χ4v) is 2.78. The molecule has 2 rings (SSSR count). The van der Waals surface area contributed by atoms with Gasteiger partial charge in [-0.25, -0.2) is 0 Å². The Balaban J connectivity index is 2.22. The number of anilines is 1. The molecule has 0 aromatic heterocycles. The van der Waals surface area contributed by atoms with Crippen molar-refractivity contribution in [3.63, 3.8) is 0 Å². The van der Waals surface area contributed by atoms with E-state index in [9.17, 15) is 5.11 Å². The van der Waals surface area contributed by atoms with Crippen molar-refractivity contribution in [3.8, 4) is 0 Å². The zero-order valence-corrected chi connectivity index (χ0v) is 11.7. The highest BCUT2D eigenvalue weighted by molar-refractivity contribution is 9.10. The van der Waals surface area contributed by atoms with Gasteiger partial charge in [-0.05, 0) is 38.2 Å². The molecule has 1 aromatic carbocycles. The standard InChI is InChI=1S/C13H19BrN2O/c1-15-6-3-7-16(13(9-15)10-17)12-5-2-4-11(14)8-12/h2,4-5,8,13,17H,3,6-7,9-10H2,1H3. The zero-order valence-electron chi connectivity index (χ0n) is 10.1. The van der Waals surface area contributed by atoms with E-state index in [0.29, 0.717) is 0 Å². The van der Waals surface area contributed by atoms with Crippen LogP contribution in [0, 0.1) is 0 Å². The van der Waals surface area contributed by atoms with Gasteiger partial charge in [-0.2, -0.15) is 0 Å². The van der Waals surface area contributed by atoms with Gasteiger partial charge < -0.3 is 14.9 Å². The quantitative estimate of drug-likeness (QED) is 0.904. The number of aliphatic hydroxyl groups is 1. The summed E-state index contributed by atoms with van der Waals surface area (Å²) in [5.74, 6) is 0. The monoisotopic (exact) mass is 298 g/mol. The molecule has 1 aliphatic heterocycles. The molecule has 0 amide bonds. The van der Waals surface area contributed by atoms with Crippen molar-refractivity contribution in [3.05, 3.63) is 28.7 Å². The minimum absolute atomic E-state index is 0.191. The van der Waals surface area contributed by atoms with E-state index in [1.807, 2.05) is 12.1 Å². The Morgan fingerprint density at radius 2 is 2.24 bits per heavy atom. The molecule has 1 aliphatic rings. The molecular formula is C13H19BrN2O. The lowest BCUT2D eigenvalue weighted by Gasteiger charge is -2.31. The van der Waals surface area contributed by atoms with Gasteiger partial charge in [0.05, 0.1) is 12.6 Å². The van der Waals surface area contributed by atoms with Gasteiger partial charge >= 0.3 is 0 Å². The predicted octanol–water partition coefficient (Wildman–Crippen LogP) is 1.95. The van der Waals surface area contributed by atoms with Gasteiger partial charge in [0, 0.05) is 23.2 Å². The van der Waals surface area contributed by atoms with Crippen LogP contribution in [0.25, 0.3) is 0 Å². The van der Waals surface area contributed by atoms with E-state index in [-0.39, 0.29) is 12.6 Å². The summed E-state index contributed by atoms with van der Waals surface area (Å²) in [7, 11) is 2.12. The first kappa shape index (κ1) is 12.9. The van der Waals surface area contributed by atoms with E-state index < -0.39 is 0 Å². The smallest absolute Gasteiger partial charge is 0.0647 e. The molecule has 0 spiro atoms. The largest absolute Gasteiger partial charge is 0.394 e. The summed E-state index contributed by atoms with van der Waals surface area (Å²) in [4.78, 5) is 4.60. The van der Waals surface area contributed by atoms with Gasteiger partial charge in [0.1, 0.15) is 0 Å². The highest BCUT2D eigenvalue weighted by Crippen LogP contribution is 2.23. The van der Waals surface area contributed by atoms with Crippen LogP contribution in [-0.4, -0.2) is 49.3 Å². The first-order chi connectivity index (χ1) is 8.20. The van der Waals surface area contributed by atoms with Crippen LogP contribution in [0.1, 0.15) is 6.42 Å². The van der Waals surface area contributed by atoms with Crippen molar-refractivity contribution in [2.75, 3.05) is 38.2 Å². The molecule has 1 aromatic rings. The minimum atomic E-state index is 0.191. The molecule has 1 heterocycles. The molecule has 1 N–H and O–H groups in total. The first-order valence-electron chi connectivity index (χ1n) is 6.02. The first-order valence-corrected chi connectivity index (χ1v) is 6.81. The maximum Gasteiger partial charge on any atom is 0.0647 e. The van der Waals surface area contributed by atoms with E-state index in [1.54, 1.807) is 0 Å². The number of likely N-dealkylation sites (N-methyl/N-ethyl adjacent to an activating group) is 1. The molecule has 94 valence electrons. The van der Waals surface area contributed by atoms with Crippen molar-refractivity contribution < 1.29 is 5.11 Å². The molecule has 0 bridgehead atoms. The molecule has 0 radical (unpaired) electrons. The van der Waals surface area contributed by atoms with E-state index in [2.05, 4.69) is 44.9 Å². The van der Waals surface area contributed by atoms with Crippen LogP contribution in [0.2, 0.25) is 0 Å². The molecule has 0 aliphatic carbocycles. The van der Waals surface area contributed by atoms with Crippen LogP contribution in [0.15, 0.2) is 28.7 Å². The van der Waals surface area contributed by atoms with Crippen LogP contribution >= 0.6 is 15.9 Å². The van der Waals surface area contributed by atoms with E-state index in [4.69, 9.17) is 0 Å². The van der Waals surface area contributed by atoms with Crippen molar-refractivity contribution in [2.24, 2.45) is 0 Å². The Hall–Kier alpha value is -0.580. The predicted molar refractivity (Wildman–Crippen MR) is 74.5 cm³/mol. The topological polar surface area (TPSA) is 26.7 Å². The summed E-state index contributed by atoms with van der Waals surface area (Å²) in [6.45, 7) is 3.23. The average molecular weight is 299 g/mol. The SMILES string of the molecule is CN1CCCN(c2cccc(Br)c2)C(CO)C1. The third-order valence-corrected chi connectivity index (χ3v) is 3.75. The van der Waals surface area contributed by atoms with E-state index >= 15 is 0 Å². The van der Waals surface area contributed by atoms with Crippen LogP contribution in [0.3, 0.4) is 0 Å². The van der Waals surface area contributed by atoms with E-state index in [1.165, 1.54) is 5.69 Å². The van der Waals surface area contributed by atoms with Crippen molar-refractivity contribution in [2.45, 2.75) is 12.5 Å². The molecule has 1 fully saturated rings. The lowest BCUT2D eigenvalue weighted by atomic mass is 10.2.